The van der Waals surface area contributed by atoms with Crippen LogP contribution in [0, 0.1) is 13.8 Å². The first-order valence-corrected chi connectivity index (χ1v) is 9.37. The number of nitrogens with zero attached hydrogens (tertiary/aromatic N) is 2. The Kier molecular flexibility index (Phi) is 7.01. The number of Topliss-reactive ketones (excluding diaryl/α,β-unsaturated/α-hetero) is 1. The molecule has 1 atom stereocenters. The molecule has 1 saturated heterocycles. The van der Waals surface area contributed by atoms with Crippen molar-refractivity contribution in [3.05, 3.63) is 22.5 Å². The van der Waals surface area contributed by atoms with Crippen LogP contribution in [0.25, 0.3) is 0 Å². The van der Waals surface area contributed by atoms with E-state index in [1.807, 2.05) is 11.8 Å². The Labute approximate surface area is 159 Å². The maximum Gasteiger partial charge on any atom is 0.409 e. The highest BCUT2D eigenvalue weighted by Gasteiger charge is 2.31. The SMILES string of the molecule is CCOC(=O)c1c(C)[nH]c(C(=O)[C@@H](C)N2CCN(C(=O)OCC)CC2)c1C. The van der Waals surface area contributed by atoms with Gasteiger partial charge < -0.3 is 19.4 Å². The second-order valence-electron chi connectivity index (χ2n) is 6.61. The van der Waals surface area contributed by atoms with Gasteiger partial charge in [0, 0.05) is 31.9 Å². The van der Waals surface area contributed by atoms with Gasteiger partial charge in [-0.05, 0) is 40.2 Å². The van der Waals surface area contributed by atoms with E-state index in [1.165, 1.54) is 0 Å². The van der Waals surface area contributed by atoms with Crippen LogP contribution in [0.3, 0.4) is 0 Å². The van der Waals surface area contributed by atoms with Crippen LogP contribution in [-0.2, 0) is 9.47 Å². The van der Waals surface area contributed by atoms with Crippen molar-refractivity contribution in [1.82, 2.24) is 14.8 Å². The molecule has 1 aliphatic rings. The highest BCUT2D eigenvalue weighted by Crippen LogP contribution is 2.22. The number of hydrogen-bond acceptors (Lipinski definition) is 6. The molecular formula is C19H29N3O5. The number of ether oxygens (including phenoxy) is 2. The number of rotatable bonds is 6. The van der Waals surface area contributed by atoms with Crippen molar-refractivity contribution in [2.45, 2.75) is 40.7 Å². The van der Waals surface area contributed by atoms with Crippen LogP contribution in [0.15, 0.2) is 0 Å². The van der Waals surface area contributed by atoms with Gasteiger partial charge in [-0.2, -0.15) is 0 Å². The van der Waals surface area contributed by atoms with Gasteiger partial charge in [-0.1, -0.05) is 0 Å². The molecule has 1 aromatic heterocycles. The Balaban J connectivity index is 2.07. The summed E-state index contributed by atoms with van der Waals surface area (Å²) in [4.78, 5) is 43.7. The Bertz CT molecular complexity index is 704. The predicted molar refractivity (Wildman–Crippen MR) is 100 cm³/mol. The van der Waals surface area contributed by atoms with Gasteiger partial charge in [0.25, 0.3) is 0 Å². The summed E-state index contributed by atoms with van der Waals surface area (Å²) in [7, 11) is 0. The van der Waals surface area contributed by atoms with Crippen molar-refractivity contribution in [2.24, 2.45) is 0 Å². The number of H-pyrrole nitrogens is 1. The minimum absolute atomic E-state index is 0.0734. The van der Waals surface area contributed by atoms with Crippen LogP contribution in [-0.4, -0.2) is 78.1 Å². The Morgan fingerprint density at radius 1 is 1.04 bits per heavy atom. The van der Waals surface area contributed by atoms with Gasteiger partial charge in [0.1, 0.15) is 0 Å². The first kappa shape index (κ1) is 21.0. The summed E-state index contributed by atoms with van der Waals surface area (Å²) in [5, 5.41) is 0. The normalized spacial score (nSPS) is 16.1. The van der Waals surface area contributed by atoms with Crippen molar-refractivity contribution in [3.8, 4) is 0 Å². The molecule has 1 aliphatic heterocycles. The maximum atomic E-state index is 13.0. The summed E-state index contributed by atoms with van der Waals surface area (Å²) in [5.41, 5.74) is 2.12. The molecule has 8 heteroatoms. The molecule has 0 aromatic carbocycles. The first-order chi connectivity index (χ1) is 12.8. The van der Waals surface area contributed by atoms with E-state index < -0.39 is 5.97 Å². The molecule has 0 bridgehead atoms. The molecule has 1 fully saturated rings. The van der Waals surface area contributed by atoms with Crippen LogP contribution in [0.1, 0.15) is 52.9 Å². The van der Waals surface area contributed by atoms with E-state index in [2.05, 4.69) is 4.98 Å². The average Bonchev–Trinajstić information content (AvgIpc) is 2.95. The van der Waals surface area contributed by atoms with Crippen molar-refractivity contribution in [2.75, 3.05) is 39.4 Å². The molecule has 0 radical (unpaired) electrons. The highest BCUT2D eigenvalue weighted by atomic mass is 16.6. The maximum absolute atomic E-state index is 13.0. The number of aryl methyl sites for hydroxylation is 1. The van der Waals surface area contributed by atoms with Gasteiger partial charge in [-0.3, -0.25) is 9.69 Å². The third kappa shape index (κ3) is 4.50. The summed E-state index contributed by atoms with van der Waals surface area (Å²) < 4.78 is 10.1. The zero-order valence-corrected chi connectivity index (χ0v) is 16.8. The molecule has 8 nitrogen and oxygen atoms in total. The molecule has 1 N–H and O–H groups in total. The minimum Gasteiger partial charge on any atom is -0.462 e. The lowest BCUT2D eigenvalue weighted by molar-refractivity contribution is 0.0524. The van der Waals surface area contributed by atoms with Crippen LogP contribution in [0.2, 0.25) is 0 Å². The number of ketones is 1. The molecule has 27 heavy (non-hydrogen) atoms. The molecule has 1 amide bonds. The molecule has 2 rings (SSSR count). The number of amides is 1. The van der Waals surface area contributed by atoms with Crippen LogP contribution < -0.4 is 0 Å². The van der Waals surface area contributed by atoms with Crippen molar-refractivity contribution >= 4 is 17.8 Å². The topological polar surface area (TPSA) is 91.9 Å². The van der Waals surface area contributed by atoms with Crippen LogP contribution >= 0.6 is 0 Å². The standard InChI is InChI=1S/C19H29N3O5/c1-6-26-18(24)15-12(3)16(20-13(15)4)17(23)14(5)21-8-10-22(11-9-21)19(25)27-7-2/h14,20H,6-11H2,1-5H3/t14-/m1/s1. The van der Waals surface area contributed by atoms with Crippen LogP contribution in [0.4, 0.5) is 4.79 Å². The fraction of sp³-hybridized carbons (Fsp3) is 0.632. The number of aromatic amines is 1. The molecular weight excluding hydrogens is 350 g/mol. The summed E-state index contributed by atoms with van der Waals surface area (Å²) in [6, 6.07) is -0.360. The molecule has 0 spiro atoms. The van der Waals surface area contributed by atoms with Gasteiger partial charge >= 0.3 is 12.1 Å². The predicted octanol–water partition coefficient (Wildman–Crippen LogP) is 2.15. The van der Waals surface area contributed by atoms with E-state index in [0.717, 1.165) is 0 Å². The summed E-state index contributed by atoms with van der Waals surface area (Å²) >= 11 is 0. The summed E-state index contributed by atoms with van der Waals surface area (Å²) in [6.07, 6.45) is -0.314. The fourth-order valence-electron chi connectivity index (χ4n) is 3.39. The van der Waals surface area contributed by atoms with Gasteiger partial charge in [-0.25, -0.2) is 9.59 Å². The first-order valence-electron chi connectivity index (χ1n) is 9.37. The summed E-state index contributed by atoms with van der Waals surface area (Å²) in [6.45, 7) is 11.8. The number of hydrogen-bond donors (Lipinski definition) is 1. The number of aromatic nitrogens is 1. The molecule has 0 aliphatic carbocycles. The van der Waals surface area contributed by atoms with Gasteiger partial charge in [0.15, 0.2) is 5.78 Å². The van der Waals surface area contributed by atoms with E-state index >= 15 is 0 Å². The Morgan fingerprint density at radius 3 is 2.19 bits per heavy atom. The summed E-state index contributed by atoms with van der Waals surface area (Å²) in [5.74, 6) is -0.491. The number of carbonyl (C=O) groups is 3. The smallest absolute Gasteiger partial charge is 0.409 e. The van der Waals surface area contributed by atoms with E-state index in [4.69, 9.17) is 9.47 Å². The van der Waals surface area contributed by atoms with E-state index in [0.29, 0.717) is 55.3 Å². The number of piperazine rings is 1. The van der Waals surface area contributed by atoms with Gasteiger partial charge in [-0.15, -0.1) is 0 Å². The lowest BCUT2D eigenvalue weighted by Crippen LogP contribution is -2.53. The largest absolute Gasteiger partial charge is 0.462 e. The van der Waals surface area contributed by atoms with Crippen LogP contribution in [0.5, 0.6) is 0 Å². The second-order valence-corrected chi connectivity index (χ2v) is 6.61. The number of nitrogens with one attached hydrogen (secondary N) is 1. The van der Waals surface area contributed by atoms with Gasteiger partial charge in [0.05, 0.1) is 30.5 Å². The fourth-order valence-corrected chi connectivity index (χ4v) is 3.39. The molecule has 150 valence electrons. The van der Waals surface area contributed by atoms with E-state index in [-0.39, 0.29) is 24.5 Å². The Hall–Kier alpha value is -2.35. The van der Waals surface area contributed by atoms with Gasteiger partial charge in [0.2, 0.25) is 0 Å². The lowest BCUT2D eigenvalue weighted by Gasteiger charge is -2.36. The van der Waals surface area contributed by atoms with E-state index in [9.17, 15) is 14.4 Å². The van der Waals surface area contributed by atoms with Crippen molar-refractivity contribution < 1.29 is 23.9 Å². The van der Waals surface area contributed by atoms with E-state index in [1.54, 1.807) is 32.6 Å². The molecule has 2 heterocycles. The lowest BCUT2D eigenvalue weighted by atomic mass is 10.0. The quantitative estimate of drug-likeness (QED) is 0.601. The molecule has 1 aromatic rings. The number of carbonyl (C=O) groups excluding carboxylic acids is 3. The highest BCUT2D eigenvalue weighted by molar-refractivity contribution is 6.03. The number of esters is 1. The molecule has 0 unspecified atom stereocenters. The third-order valence-electron chi connectivity index (χ3n) is 4.93. The second kappa shape index (κ2) is 9.03. The zero-order valence-electron chi connectivity index (χ0n) is 16.8. The van der Waals surface area contributed by atoms with Crippen molar-refractivity contribution in [1.29, 1.82) is 0 Å². The third-order valence-corrected chi connectivity index (χ3v) is 4.93. The average molecular weight is 379 g/mol. The molecule has 0 saturated carbocycles. The monoisotopic (exact) mass is 379 g/mol. The van der Waals surface area contributed by atoms with Crippen molar-refractivity contribution in [3.63, 3.8) is 0 Å². The minimum atomic E-state index is -0.418. The zero-order chi connectivity index (χ0) is 20.1. The Morgan fingerprint density at radius 2 is 1.63 bits per heavy atom.